The summed E-state index contributed by atoms with van der Waals surface area (Å²) in [7, 11) is 0. The highest BCUT2D eigenvalue weighted by atomic mass is 16.4. The molecule has 4 unspecified atom stereocenters. The van der Waals surface area contributed by atoms with E-state index in [1.54, 1.807) is 18.3 Å². The van der Waals surface area contributed by atoms with Crippen molar-refractivity contribution in [3.63, 3.8) is 0 Å². The van der Waals surface area contributed by atoms with Gasteiger partial charge in [0, 0.05) is 29.9 Å². The monoisotopic (exact) mass is 609 g/mol. The van der Waals surface area contributed by atoms with Gasteiger partial charge in [0.2, 0.25) is 23.6 Å². The third-order valence-corrected chi connectivity index (χ3v) is 7.06. The molecule has 0 bridgehead atoms. The number of nitrogens with two attached hydrogens (primary N) is 3. The molecule has 0 radical (unpaired) electrons. The van der Waals surface area contributed by atoms with Gasteiger partial charge in [0.1, 0.15) is 23.9 Å². The molecule has 0 aliphatic carbocycles. The van der Waals surface area contributed by atoms with Crippen LogP contribution < -0.4 is 33.2 Å². The zero-order chi connectivity index (χ0) is 32.2. The Kier molecular flexibility index (Phi) is 12.2. The number of hydrogen-bond donors (Lipinski definition) is 9. The molecule has 1 aromatic heterocycles. The number of unbranched alkanes of at least 4 members (excludes halogenated alkanes) is 1. The van der Waals surface area contributed by atoms with E-state index in [4.69, 9.17) is 17.2 Å². The number of aromatic hydroxyl groups is 1. The van der Waals surface area contributed by atoms with Gasteiger partial charge >= 0.3 is 5.97 Å². The number of rotatable bonds is 17. The summed E-state index contributed by atoms with van der Waals surface area (Å²) in [6.45, 7) is 0.350. The van der Waals surface area contributed by atoms with Crippen molar-refractivity contribution in [2.45, 2.75) is 62.7 Å². The number of phenolic OH excluding ortho intramolecular Hbond substituents is 1. The molecule has 236 valence electrons. The molecule has 3 aromatic rings. The minimum atomic E-state index is -1.33. The first kappa shape index (κ1) is 33.6. The number of nitrogens with one attached hydrogen (secondary N) is 4. The van der Waals surface area contributed by atoms with Crippen LogP contribution >= 0.6 is 0 Å². The van der Waals surface area contributed by atoms with Gasteiger partial charge in [0.05, 0.1) is 12.5 Å². The van der Waals surface area contributed by atoms with Crippen molar-refractivity contribution in [1.29, 1.82) is 0 Å². The Morgan fingerprint density at radius 1 is 0.818 bits per heavy atom. The molecule has 0 fully saturated rings. The molecule has 2 aromatic carbocycles. The molecule has 4 amide bonds. The number of aromatic nitrogens is 1. The van der Waals surface area contributed by atoms with Crippen LogP contribution in [-0.2, 0) is 36.8 Å². The van der Waals surface area contributed by atoms with Gasteiger partial charge in [-0.05, 0) is 55.1 Å². The third kappa shape index (κ3) is 9.81. The van der Waals surface area contributed by atoms with Crippen LogP contribution in [0.1, 0.15) is 36.8 Å². The van der Waals surface area contributed by atoms with Crippen molar-refractivity contribution >= 4 is 40.5 Å². The molecular formula is C30H39N7O7. The summed E-state index contributed by atoms with van der Waals surface area (Å²) in [6, 6.07) is 8.30. The van der Waals surface area contributed by atoms with Crippen molar-refractivity contribution < 1.29 is 34.2 Å². The highest BCUT2D eigenvalue weighted by Crippen LogP contribution is 2.19. The van der Waals surface area contributed by atoms with Crippen LogP contribution in [0.4, 0.5) is 0 Å². The third-order valence-electron chi connectivity index (χ3n) is 7.06. The van der Waals surface area contributed by atoms with E-state index in [2.05, 4.69) is 20.9 Å². The number of benzene rings is 2. The first-order chi connectivity index (χ1) is 21.0. The highest BCUT2D eigenvalue weighted by Gasteiger charge is 2.31. The van der Waals surface area contributed by atoms with Gasteiger partial charge in [-0.2, -0.15) is 0 Å². The number of carbonyl (C=O) groups is 5. The standard InChI is InChI=1S/C30H39N7O7/c31-12-4-3-7-23(35-27(40)21(32)15-26(33)39)28(41)36-24(13-17-8-10-19(38)11-9-17)29(42)37-25(30(43)44)14-18-16-34-22-6-2-1-5-20(18)22/h1-2,5-6,8-11,16,21,23-25,34,38H,3-4,7,12-15,31-32H2,(H2,33,39)(H,35,40)(H,36,41)(H,37,42)(H,43,44). The lowest BCUT2D eigenvalue weighted by molar-refractivity contribution is -0.142. The second kappa shape index (κ2) is 16.0. The van der Waals surface area contributed by atoms with E-state index in [1.165, 1.54) is 12.1 Å². The zero-order valence-corrected chi connectivity index (χ0v) is 24.1. The number of phenols is 1. The second-order valence-electron chi connectivity index (χ2n) is 10.5. The fourth-order valence-corrected chi connectivity index (χ4v) is 4.69. The van der Waals surface area contributed by atoms with Gasteiger partial charge in [-0.25, -0.2) is 4.79 Å². The predicted molar refractivity (Wildman–Crippen MR) is 162 cm³/mol. The van der Waals surface area contributed by atoms with E-state index >= 15 is 0 Å². The molecule has 12 N–H and O–H groups in total. The number of primary amides is 1. The van der Waals surface area contributed by atoms with E-state index in [-0.39, 0.29) is 25.0 Å². The van der Waals surface area contributed by atoms with Gasteiger partial charge in [-0.1, -0.05) is 30.3 Å². The molecule has 4 atom stereocenters. The zero-order valence-electron chi connectivity index (χ0n) is 24.1. The minimum absolute atomic E-state index is 0.00145. The predicted octanol–water partition coefficient (Wildman–Crippen LogP) is -0.471. The number of carbonyl (C=O) groups excluding carboxylic acids is 4. The van der Waals surface area contributed by atoms with Gasteiger partial charge in [0.15, 0.2) is 0 Å². The number of hydrogen-bond acceptors (Lipinski definition) is 8. The second-order valence-corrected chi connectivity index (χ2v) is 10.5. The summed E-state index contributed by atoms with van der Waals surface area (Å²) in [5, 5.41) is 28.1. The van der Waals surface area contributed by atoms with E-state index in [9.17, 15) is 34.2 Å². The largest absolute Gasteiger partial charge is 0.508 e. The highest BCUT2D eigenvalue weighted by molar-refractivity contribution is 5.95. The summed E-state index contributed by atoms with van der Waals surface area (Å²) < 4.78 is 0. The maximum Gasteiger partial charge on any atom is 0.326 e. The molecule has 14 nitrogen and oxygen atoms in total. The molecule has 44 heavy (non-hydrogen) atoms. The van der Waals surface area contributed by atoms with Gasteiger partial charge in [0.25, 0.3) is 0 Å². The van der Waals surface area contributed by atoms with Crippen LogP contribution in [0.5, 0.6) is 5.75 Å². The van der Waals surface area contributed by atoms with E-state index in [1.807, 2.05) is 24.3 Å². The Hall–Kier alpha value is -4.95. The van der Waals surface area contributed by atoms with Crippen molar-refractivity contribution in [2.75, 3.05) is 6.54 Å². The lowest BCUT2D eigenvalue weighted by Gasteiger charge is -2.25. The molecule has 3 rings (SSSR count). The molecular weight excluding hydrogens is 570 g/mol. The van der Waals surface area contributed by atoms with E-state index in [0.29, 0.717) is 30.5 Å². The summed E-state index contributed by atoms with van der Waals surface area (Å²) in [6.07, 6.45) is 2.34. The average molecular weight is 610 g/mol. The smallest absolute Gasteiger partial charge is 0.326 e. The number of carboxylic acid groups (broad SMARTS) is 1. The topological polar surface area (TPSA) is 256 Å². The molecule has 0 aliphatic rings. The molecule has 0 spiro atoms. The number of para-hydroxylation sites is 1. The number of amides is 4. The maximum absolute atomic E-state index is 13.6. The molecule has 14 heteroatoms. The lowest BCUT2D eigenvalue weighted by atomic mass is 10.0. The van der Waals surface area contributed by atoms with Crippen LogP contribution in [0, 0.1) is 0 Å². The summed E-state index contributed by atoms with van der Waals surface area (Å²) in [5.74, 6) is -4.32. The normalized spacial score (nSPS) is 13.8. The molecule has 1 heterocycles. The number of aromatic amines is 1. The molecule has 0 saturated carbocycles. The van der Waals surface area contributed by atoms with Crippen LogP contribution in [0.15, 0.2) is 54.7 Å². The van der Waals surface area contributed by atoms with Crippen LogP contribution in [0.2, 0.25) is 0 Å². The summed E-state index contributed by atoms with van der Waals surface area (Å²) in [4.78, 5) is 66.2. The fourth-order valence-electron chi connectivity index (χ4n) is 4.69. The van der Waals surface area contributed by atoms with E-state index < -0.39 is 60.2 Å². The Morgan fingerprint density at radius 2 is 1.45 bits per heavy atom. The van der Waals surface area contributed by atoms with Gasteiger partial charge in [-0.15, -0.1) is 0 Å². The van der Waals surface area contributed by atoms with Crippen molar-refractivity contribution in [3.8, 4) is 5.75 Å². The van der Waals surface area contributed by atoms with Gasteiger partial charge in [-0.3, -0.25) is 19.2 Å². The fraction of sp³-hybridized carbons (Fsp3) is 0.367. The first-order valence-corrected chi connectivity index (χ1v) is 14.2. The van der Waals surface area contributed by atoms with Crippen molar-refractivity contribution in [2.24, 2.45) is 17.2 Å². The SMILES string of the molecule is NCCCCC(NC(=O)C(N)CC(N)=O)C(=O)NC(Cc1ccc(O)cc1)C(=O)NC(Cc1c[nH]c2ccccc12)C(=O)O. The Labute approximate surface area is 253 Å². The maximum atomic E-state index is 13.6. The summed E-state index contributed by atoms with van der Waals surface area (Å²) in [5.41, 5.74) is 18.5. The number of fused-ring (bicyclic) bond motifs is 1. The number of aliphatic carboxylic acids is 1. The molecule has 0 saturated heterocycles. The Morgan fingerprint density at radius 3 is 2.11 bits per heavy atom. The van der Waals surface area contributed by atoms with Crippen LogP contribution in [0.3, 0.4) is 0 Å². The van der Waals surface area contributed by atoms with Crippen LogP contribution in [-0.4, -0.2) is 75.5 Å². The first-order valence-electron chi connectivity index (χ1n) is 14.2. The average Bonchev–Trinajstić information content (AvgIpc) is 3.39. The quantitative estimate of drug-likeness (QED) is 0.0895. The van der Waals surface area contributed by atoms with Gasteiger partial charge < -0.3 is 48.3 Å². The summed E-state index contributed by atoms with van der Waals surface area (Å²) >= 11 is 0. The van der Waals surface area contributed by atoms with Crippen molar-refractivity contribution in [3.05, 3.63) is 65.9 Å². The minimum Gasteiger partial charge on any atom is -0.508 e. The van der Waals surface area contributed by atoms with Crippen molar-refractivity contribution in [1.82, 2.24) is 20.9 Å². The number of H-pyrrole nitrogens is 1. The number of carboxylic acids is 1. The lowest BCUT2D eigenvalue weighted by Crippen LogP contribution is -2.58. The molecule has 0 aliphatic heterocycles. The Bertz CT molecular complexity index is 1460. The Balaban J connectivity index is 1.82. The van der Waals surface area contributed by atoms with E-state index in [0.717, 1.165) is 10.9 Å². The van der Waals surface area contributed by atoms with Crippen LogP contribution in [0.25, 0.3) is 10.9 Å².